The Balaban J connectivity index is 2.07. The zero-order chi connectivity index (χ0) is 11.5. The van der Waals surface area contributed by atoms with Gasteiger partial charge in [-0.25, -0.2) is 4.98 Å². The summed E-state index contributed by atoms with van der Waals surface area (Å²) in [5.74, 6) is 1.01. The summed E-state index contributed by atoms with van der Waals surface area (Å²) in [6.07, 6.45) is 1.75. The molecule has 5 heteroatoms. The molecule has 0 spiro atoms. The van der Waals surface area contributed by atoms with Gasteiger partial charge in [-0.05, 0) is 19.2 Å². The lowest BCUT2D eigenvalue weighted by atomic mass is 10.2. The van der Waals surface area contributed by atoms with E-state index in [2.05, 4.69) is 21.8 Å². The summed E-state index contributed by atoms with van der Waals surface area (Å²) in [6.45, 7) is 4.21. The maximum Gasteiger partial charge on any atom is 0.128 e. The van der Waals surface area contributed by atoms with E-state index in [4.69, 9.17) is 18.0 Å². The number of hydrogen-bond donors (Lipinski definition) is 1. The summed E-state index contributed by atoms with van der Waals surface area (Å²) in [5.41, 5.74) is 6.36. The molecule has 4 nitrogen and oxygen atoms in total. The van der Waals surface area contributed by atoms with Crippen molar-refractivity contribution in [2.24, 2.45) is 5.73 Å². The molecule has 1 aliphatic heterocycles. The highest BCUT2D eigenvalue weighted by Crippen LogP contribution is 2.13. The zero-order valence-electron chi connectivity index (χ0n) is 9.39. The van der Waals surface area contributed by atoms with Crippen molar-refractivity contribution in [3.63, 3.8) is 0 Å². The van der Waals surface area contributed by atoms with Crippen LogP contribution in [0.2, 0.25) is 0 Å². The Morgan fingerprint density at radius 3 is 2.50 bits per heavy atom. The highest BCUT2D eigenvalue weighted by molar-refractivity contribution is 7.80. The summed E-state index contributed by atoms with van der Waals surface area (Å²) in [4.78, 5) is 9.39. The summed E-state index contributed by atoms with van der Waals surface area (Å²) < 4.78 is 0. The Kier molecular flexibility index (Phi) is 3.36. The fourth-order valence-electron chi connectivity index (χ4n) is 1.75. The first-order valence-electron chi connectivity index (χ1n) is 5.36. The molecule has 1 aromatic rings. The number of anilines is 1. The Labute approximate surface area is 101 Å². The third kappa shape index (κ3) is 2.48. The minimum absolute atomic E-state index is 0.400. The number of thiocarbonyl (C=S) groups is 1. The van der Waals surface area contributed by atoms with E-state index in [9.17, 15) is 0 Å². The van der Waals surface area contributed by atoms with E-state index in [1.165, 1.54) is 0 Å². The smallest absolute Gasteiger partial charge is 0.128 e. The van der Waals surface area contributed by atoms with E-state index >= 15 is 0 Å². The quantitative estimate of drug-likeness (QED) is 0.756. The number of rotatable bonds is 2. The number of aromatic nitrogens is 1. The van der Waals surface area contributed by atoms with Crippen LogP contribution in [0.4, 0.5) is 5.82 Å². The van der Waals surface area contributed by atoms with Crippen molar-refractivity contribution < 1.29 is 0 Å². The highest BCUT2D eigenvalue weighted by Gasteiger charge is 2.14. The number of pyridine rings is 1. The van der Waals surface area contributed by atoms with E-state index in [1.54, 1.807) is 6.20 Å². The molecule has 0 aromatic carbocycles. The highest BCUT2D eigenvalue weighted by atomic mass is 32.1. The van der Waals surface area contributed by atoms with Gasteiger partial charge in [-0.2, -0.15) is 0 Å². The molecule has 0 amide bonds. The largest absolute Gasteiger partial charge is 0.389 e. The molecule has 1 aliphatic rings. The Morgan fingerprint density at radius 2 is 2.00 bits per heavy atom. The molecule has 86 valence electrons. The molecular weight excluding hydrogens is 220 g/mol. The maximum absolute atomic E-state index is 5.53. The van der Waals surface area contributed by atoms with Crippen LogP contribution in [-0.2, 0) is 0 Å². The summed E-state index contributed by atoms with van der Waals surface area (Å²) in [6, 6.07) is 3.92. The van der Waals surface area contributed by atoms with Crippen LogP contribution in [0.25, 0.3) is 0 Å². The first-order chi connectivity index (χ1) is 7.66. The van der Waals surface area contributed by atoms with Crippen LogP contribution < -0.4 is 10.6 Å². The number of nitrogens with zero attached hydrogens (tertiary/aromatic N) is 3. The lowest BCUT2D eigenvalue weighted by Gasteiger charge is -2.33. The van der Waals surface area contributed by atoms with Gasteiger partial charge in [0, 0.05) is 37.9 Å². The summed E-state index contributed by atoms with van der Waals surface area (Å²) in [5, 5.41) is 0. The van der Waals surface area contributed by atoms with Gasteiger partial charge in [0.05, 0.1) is 0 Å². The van der Waals surface area contributed by atoms with Gasteiger partial charge in [-0.15, -0.1) is 0 Å². The molecule has 0 aliphatic carbocycles. The second kappa shape index (κ2) is 4.76. The third-order valence-electron chi connectivity index (χ3n) is 2.86. The fourth-order valence-corrected chi connectivity index (χ4v) is 1.88. The van der Waals surface area contributed by atoms with Crippen LogP contribution in [0.3, 0.4) is 0 Å². The molecule has 0 unspecified atom stereocenters. The summed E-state index contributed by atoms with van der Waals surface area (Å²) in [7, 11) is 2.14. The van der Waals surface area contributed by atoms with E-state index in [-0.39, 0.29) is 0 Å². The van der Waals surface area contributed by atoms with Crippen molar-refractivity contribution in [2.45, 2.75) is 0 Å². The molecule has 2 N–H and O–H groups in total. The van der Waals surface area contributed by atoms with Gasteiger partial charge in [-0.3, -0.25) is 0 Å². The van der Waals surface area contributed by atoms with Gasteiger partial charge in [0.1, 0.15) is 10.8 Å². The number of nitrogens with two attached hydrogens (primary N) is 1. The van der Waals surface area contributed by atoms with Crippen molar-refractivity contribution in [1.29, 1.82) is 0 Å². The Hall–Kier alpha value is -1.20. The first-order valence-corrected chi connectivity index (χ1v) is 5.77. The average molecular weight is 236 g/mol. The SMILES string of the molecule is CN1CCN(c2ccc(C(N)=S)cn2)CC1. The molecule has 0 atom stereocenters. The van der Waals surface area contributed by atoms with Gasteiger partial charge < -0.3 is 15.5 Å². The molecule has 2 rings (SSSR count). The number of likely N-dealkylation sites (N-methyl/N-ethyl adjacent to an activating group) is 1. The van der Waals surface area contributed by atoms with Crippen LogP contribution in [0.1, 0.15) is 5.56 Å². The molecule has 0 saturated carbocycles. The molecular formula is C11H16N4S. The van der Waals surface area contributed by atoms with Gasteiger partial charge >= 0.3 is 0 Å². The predicted octanol–water partition coefficient (Wildman–Crippen LogP) is 0.468. The van der Waals surface area contributed by atoms with Crippen LogP contribution >= 0.6 is 12.2 Å². The molecule has 0 radical (unpaired) electrons. The van der Waals surface area contributed by atoms with Crippen LogP contribution in [0, 0.1) is 0 Å². The van der Waals surface area contributed by atoms with Crippen LogP contribution in [0.5, 0.6) is 0 Å². The van der Waals surface area contributed by atoms with Gasteiger partial charge in [0.2, 0.25) is 0 Å². The standard InChI is InChI=1S/C11H16N4S/c1-14-4-6-15(7-5-14)10-3-2-9(8-13-10)11(12)16/h2-3,8H,4-7H2,1H3,(H2,12,16). The average Bonchev–Trinajstić information content (AvgIpc) is 2.30. The zero-order valence-corrected chi connectivity index (χ0v) is 10.2. The molecule has 1 fully saturated rings. The molecule has 1 aromatic heterocycles. The normalized spacial score (nSPS) is 17.4. The lowest BCUT2D eigenvalue weighted by molar-refractivity contribution is 0.312. The van der Waals surface area contributed by atoms with E-state index < -0.39 is 0 Å². The van der Waals surface area contributed by atoms with Crippen LogP contribution in [0.15, 0.2) is 18.3 Å². The first kappa shape index (κ1) is 11.3. The van der Waals surface area contributed by atoms with E-state index in [1.807, 2.05) is 12.1 Å². The molecule has 2 heterocycles. The second-order valence-corrected chi connectivity index (χ2v) is 4.50. The van der Waals surface area contributed by atoms with Gasteiger partial charge in [0.15, 0.2) is 0 Å². The lowest BCUT2D eigenvalue weighted by Crippen LogP contribution is -2.44. The minimum atomic E-state index is 0.400. The Bertz CT molecular complexity index is 368. The fraction of sp³-hybridized carbons (Fsp3) is 0.455. The van der Waals surface area contributed by atoms with Crippen molar-refractivity contribution in [2.75, 3.05) is 38.1 Å². The van der Waals surface area contributed by atoms with Crippen LogP contribution in [-0.4, -0.2) is 48.1 Å². The third-order valence-corrected chi connectivity index (χ3v) is 3.10. The monoisotopic (exact) mass is 236 g/mol. The Morgan fingerprint density at radius 1 is 1.31 bits per heavy atom. The molecule has 1 saturated heterocycles. The van der Waals surface area contributed by atoms with Gasteiger partial charge in [0.25, 0.3) is 0 Å². The second-order valence-electron chi connectivity index (χ2n) is 4.06. The topological polar surface area (TPSA) is 45.4 Å². The molecule has 16 heavy (non-hydrogen) atoms. The van der Waals surface area contributed by atoms with Crippen molar-refractivity contribution in [1.82, 2.24) is 9.88 Å². The van der Waals surface area contributed by atoms with E-state index in [0.717, 1.165) is 37.6 Å². The van der Waals surface area contributed by atoms with Crippen molar-refractivity contribution >= 4 is 23.0 Å². The maximum atomic E-state index is 5.53. The predicted molar refractivity (Wildman–Crippen MR) is 69.8 cm³/mol. The van der Waals surface area contributed by atoms with Crippen molar-refractivity contribution in [3.05, 3.63) is 23.9 Å². The minimum Gasteiger partial charge on any atom is -0.389 e. The number of piperazine rings is 1. The van der Waals surface area contributed by atoms with Gasteiger partial charge in [-0.1, -0.05) is 12.2 Å². The summed E-state index contributed by atoms with van der Waals surface area (Å²) >= 11 is 4.89. The van der Waals surface area contributed by atoms with Crippen molar-refractivity contribution in [3.8, 4) is 0 Å². The number of hydrogen-bond acceptors (Lipinski definition) is 4. The van der Waals surface area contributed by atoms with E-state index in [0.29, 0.717) is 4.99 Å². The molecule has 0 bridgehead atoms.